The van der Waals surface area contributed by atoms with Gasteiger partial charge < -0.3 is 5.73 Å². The third kappa shape index (κ3) is 2.60. The van der Waals surface area contributed by atoms with Crippen LogP contribution in [-0.4, -0.2) is 14.8 Å². The first-order chi connectivity index (χ1) is 8.11. The molecule has 0 amide bonds. The molecule has 0 bridgehead atoms. The van der Waals surface area contributed by atoms with Crippen LogP contribution in [0.25, 0.3) is 0 Å². The third-order valence-corrected chi connectivity index (χ3v) is 2.98. The first kappa shape index (κ1) is 12.4. The summed E-state index contributed by atoms with van der Waals surface area (Å²) in [4.78, 5) is 4.16. The molecule has 17 heavy (non-hydrogen) atoms. The number of halogens is 2. The van der Waals surface area contributed by atoms with Crippen molar-refractivity contribution in [1.29, 1.82) is 0 Å². The van der Waals surface area contributed by atoms with E-state index in [-0.39, 0.29) is 6.04 Å². The number of nitrogens with two attached hydrogens (primary N) is 1. The molecule has 0 aromatic carbocycles. The molecule has 0 aliphatic heterocycles. The molecule has 2 N–H and O–H groups in total. The normalized spacial score (nSPS) is 12.7. The van der Waals surface area contributed by atoms with Gasteiger partial charge in [0.05, 0.1) is 28.0 Å². The molecule has 0 spiro atoms. The van der Waals surface area contributed by atoms with Gasteiger partial charge in [0.1, 0.15) is 0 Å². The average molecular weight is 271 g/mol. The summed E-state index contributed by atoms with van der Waals surface area (Å²) in [6.45, 7) is 2.81. The Bertz CT molecular complexity index is 524. The van der Waals surface area contributed by atoms with E-state index in [1.54, 1.807) is 16.9 Å². The maximum absolute atomic E-state index is 6.09. The third-order valence-electron chi connectivity index (χ3n) is 2.47. The van der Waals surface area contributed by atoms with Gasteiger partial charge in [-0.15, -0.1) is 0 Å². The first-order valence-electron chi connectivity index (χ1n) is 5.20. The van der Waals surface area contributed by atoms with Gasteiger partial charge in [0.15, 0.2) is 0 Å². The van der Waals surface area contributed by atoms with Crippen molar-refractivity contribution in [1.82, 2.24) is 14.8 Å². The zero-order chi connectivity index (χ0) is 12.4. The van der Waals surface area contributed by atoms with Crippen molar-refractivity contribution in [3.05, 3.63) is 46.0 Å². The van der Waals surface area contributed by atoms with Crippen molar-refractivity contribution in [2.24, 2.45) is 5.73 Å². The van der Waals surface area contributed by atoms with E-state index in [1.165, 1.54) is 6.20 Å². The van der Waals surface area contributed by atoms with Gasteiger partial charge >= 0.3 is 0 Å². The summed E-state index contributed by atoms with van der Waals surface area (Å²) in [5.74, 6) is 0. The molecule has 2 rings (SSSR count). The molecule has 2 heterocycles. The van der Waals surface area contributed by atoms with Gasteiger partial charge in [0.25, 0.3) is 0 Å². The van der Waals surface area contributed by atoms with Crippen LogP contribution in [0.5, 0.6) is 0 Å². The summed E-state index contributed by atoms with van der Waals surface area (Å²) >= 11 is 11.9. The second kappa shape index (κ2) is 5.04. The number of hydrogen-bond donors (Lipinski definition) is 1. The Kier molecular flexibility index (Phi) is 3.66. The fraction of sp³-hybridized carbons (Fsp3) is 0.273. The van der Waals surface area contributed by atoms with Crippen LogP contribution in [0.15, 0.2) is 24.7 Å². The maximum atomic E-state index is 6.09. The van der Waals surface area contributed by atoms with Crippen molar-refractivity contribution in [3.8, 4) is 0 Å². The molecule has 6 heteroatoms. The van der Waals surface area contributed by atoms with Crippen LogP contribution in [0, 0.1) is 0 Å². The van der Waals surface area contributed by atoms with Crippen molar-refractivity contribution < 1.29 is 0 Å². The Balaban J connectivity index is 2.33. The highest BCUT2D eigenvalue weighted by Gasteiger charge is 2.16. The Labute approximate surface area is 109 Å². The average Bonchev–Trinajstić information content (AvgIpc) is 2.76. The lowest BCUT2D eigenvalue weighted by Gasteiger charge is -2.10. The number of rotatable bonds is 3. The molecule has 2 aromatic rings. The predicted octanol–water partition coefficient (Wildman–Crippen LogP) is 2.65. The van der Waals surface area contributed by atoms with Crippen LogP contribution in [0.2, 0.25) is 10.0 Å². The van der Waals surface area contributed by atoms with Crippen LogP contribution in [0.4, 0.5) is 0 Å². The number of pyridine rings is 1. The predicted molar refractivity (Wildman–Crippen MR) is 68.2 cm³/mol. The van der Waals surface area contributed by atoms with Gasteiger partial charge in [-0.25, -0.2) is 0 Å². The van der Waals surface area contributed by atoms with Gasteiger partial charge in [-0.3, -0.25) is 9.67 Å². The molecule has 2 aromatic heterocycles. The zero-order valence-corrected chi connectivity index (χ0v) is 10.8. The van der Waals surface area contributed by atoms with E-state index in [4.69, 9.17) is 28.9 Å². The summed E-state index contributed by atoms with van der Waals surface area (Å²) in [5.41, 5.74) is 7.57. The number of aromatic nitrogens is 3. The Morgan fingerprint density at radius 2 is 2.18 bits per heavy atom. The van der Waals surface area contributed by atoms with E-state index < -0.39 is 0 Å². The van der Waals surface area contributed by atoms with E-state index >= 15 is 0 Å². The van der Waals surface area contributed by atoms with Gasteiger partial charge in [0, 0.05) is 24.5 Å². The molecule has 0 saturated heterocycles. The summed E-state index contributed by atoms with van der Waals surface area (Å²) in [5, 5.41) is 5.13. The molecule has 0 radical (unpaired) electrons. The summed E-state index contributed by atoms with van der Waals surface area (Å²) in [6.07, 6.45) is 5.14. The molecule has 0 aliphatic rings. The zero-order valence-electron chi connectivity index (χ0n) is 9.27. The first-order valence-corrected chi connectivity index (χ1v) is 5.96. The molecule has 0 fully saturated rings. The van der Waals surface area contributed by atoms with Crippen LogP contribution in [-0.2, 0) is 6.54 Å². The molecule has 1 atom stereocenters. The van der Waals surface area contributed by atoms with E-state index in [0.717, 1.165) is 12.1 Å². The van der Waals surface area contributed by atoms with Gasteiger partial charge in [-0.1, -0.05) is 23.2 Å². The fourth-order valence-corrected chi connectivity index (χ4v) is 2.02. The topological polar surface area (TPSA) is 56.7 Å². The molecule has 0 saturated carbocycles. The maximum Gasteiger partial charge on any atom is 0.0804 e. The molecular weight excluding hydrogens is 259 g/mol. The van der Waals surface area contributed by atoms with Crippen molar-refractivity contribution in [2.45, 2.75) is 19.5 Å². The lowest BCUT2D eigenvalue weighted by Crippen LogP contribution is -2.13. The minimum Gasteiger partial charge on any atom is -0.319 e. The highest BCUT2D eigenvalue weighted by Crippen LogP contribution is 2.26. The number of nitrogens with zero attached hydrogens (tertiary/aromatic N) is 3. The largest absolute Gasteiger partial charge is 0.319 e. The molecule has 4 nitrogen and oxygen atoms in total. The Morgan fingerprint density at radius 3 is 2.76 bits per heavy atom. The van der Waals surface area contributed by atoms with Crippen LogP contribution >= 0.6 is 23.2 Å². The van der Waals surface area contributed by atoms with Crippen molar-refractivity contribution in [3.63, 3.8) is 0 Å². The van der Waals surface area contributed by atoms with E-state index in [2.05, 4.69) is 10.1 Å². The Morgan fingerprint density at radius 1 is 1.41 bits per heavy atom. The highest BCUT2D eigenvalue weighted by atomic mass is 35.5. The molecule has 90 valence electrons. The second-order valence-electron chi connectivity index (χ2n) is 3.63. The number of hydrogen-bond acceptors (Lipinski definition) is 3. The van der Waals surface area contributed by atoms with Gasteiger partial charge in [-0.05, 0) is 13.0 Å². The van der Waals surface area contributed by atoms with E-state index in [9.17, 15) is 0 Å². The van der Waals surface area contributed by atoms with Crippen LogP contribution in [0.1, 0.15) is 24.2 Å². The molecular formula is C11H12Cl2N4. The van der Waals surface area contributed by atoms with Crippen LogP contribution in [0.3, 0.4) is 0 Å². The fourth-order valence-electron chi connectivity index (χ4n) is 1.52. The van der Waals surface area contributed by atoms with Gasteiger partial charge in [0.2, 0.25) is 0 Å². The molecule has 0 aliphatic carbocycles. The van der Waals surface area contributed by atoms with Gasteiger partial charge in [-0.2, -0.15) is 5.10 Å². The smallest absolute Gasteiger partial charge is 0.0804 e. The SMILES string of the molecule is CCn1cc(C(N)c2ncc(Cl)cc2Cl)cn1. The minimum atomic E-state index is -0.389. The van der Waals surface area contributed by atoms with Crippen molar-refractivity contribution in [2.75, 3.05) is 0 Å². The summed E-state index contributed by atoms with van der Waals surface area (Å²) in [6, 6.07) is 1.25. The Hall–Kier alpha value is -1.10. The van der Waals surface area contributed by atoms with Crippen molar-refractivity contribution >= 4 is 23.2 Å². The van der Waals surface area contributed by atoms with E-state index in [1.807, 2.05) is 13.1 Å². The monoisotopic (exact) mass is 270 g/mol. The minimum absolute atomic E-state index is 0.389. The highest BCUT2D eigenvalue weighted by molar-refractivity contribution is 6.34. The lowest BCUT2D eigenvalue weighted by atomic mass is 10.1. The summed E-state index contributed by atoms with van der Waals surface area (Å²) < 4.78 is 1.80. The molecule has 1 unspecified atom stereocenters. The van der Waals surface area contributed by atoms with E-state index in [0.29, 0.717) is 15.7 Å². The van der Waals surface area contributed by atoms with Crippen LogP contribution < -0.4 is 5.73 Å². The lowest BCUT2D eigenvalue weighted by molar-refractivity contribution is 0.658. The summed E-state index contributed by atoms with van der Waals surface area (Å²) in [7, 11) is 0. The quantitative estimate of drug-likeness (QED) is 0.933. The standard InChI is InChI=1S/C11H12Cl2N4/c1-2-17-6-7(4-16-17)10(14)11-9(13)3-8(12)5-15-11/h3-6,10H,2,14H2,1H3. The second-order valence-corrected chi connectivity index (χ2v) is 4.47. The number of aryl methyl sites for hydroxylation is 1.